The molecule has 0 radical (unpaired) electrons. The zero-order chi connectivity index (χ0) is 17.1. The van der Waals surface area contributed by atoms with Crippen molar-refractivity contribution in [3.05, 3.63) is 30.1 Å². The zero-order valence-corrected chi connectivity index (χ0v) is 14.4. The quantitative estimate of drug-likeness (QED) is 0.923. The van der Waals surface area contributed by atoms with Gasteiger partial charge in [-0.1, -0.05) is 0 Å². The molecule has 132 valence electrons. The number of nitrogens with zero attached hydrogens (tertiary/aromatic N) is 2. The largest absolute Gasteiger partial charge is 0.372 e. The summed E-state index contributed by atoms with van der Waals surface area (Å²) in [4.78, 5) is 16.4. The summed E-state index contributed by atoms with van der Waals surface area (Å²) in [5.41, 5.74) is 1.04. The molecule has 0 unspecified atom stereocenters. The Labute approximate surface area is 142 Å². The second-order valence-electron chi connectivity index (χ2n) is 6.93. The van der Waals surface area contributed by atoms with E-state index in [9.17, 15) is 9.18 Å². The van der Waals surface area contributed by atoms with E-state index in [1.54, 1.807) is 0 Å². The number of carbonyl (C=O) groups excluding carboxylic acids is 1. The van der Waals surface area contributed by atoms with Crippen LogP contribution in [0.15, 0.2) is 24.3 Å². The van der Waals surface area contributed by atoms with Crippen LogP contribution < -0.4 is 10.2 Å². The molecule has 0 saturated carbocycles. The van der Waals surface area contributed by atoms with Crippen LogP contribution in [0.2, 0.25) is 0 Å². The Morgan fingerprint density at radius 3 is 2.54 bits per heavy atom. The second-order valence-corrected chi connectivity index (χ2v) is 6.93. The number of anilines is 1. The van der Waals surface area contributed by atoms with Crippen molar-refractivity contribution in [3.63, 3.8) is 0 Å². The molecule has 0 aromatic heterocycles. The van der Waals surface area contributed by atoms with E-state index >= 15 is 0 Å². The van der Waals surface area contributed by atoms with Crippen LogP contribution in [0.4, 0.5) is 14.9 Å². The van der Waals surface area contributed by atoms with Gasteiger partial charge in [0.15, 0.2) is 0 Å². The van der Waals surface area contributed by atoms with Gasteiger partial charge in [0.25, 0.3) is 0 Å². The molecule has 5 nitrogen and oxygen atoms in total. The predicted octanol–water partition coefficient (Wildman–Crippen LogP) is 2.47. The number of ether oxygens (including phenoxy) is 1. The van der Waals surface area contributed by atoms with E-state index in [0.717, 1.165) is 25.2 Å². The van der Waals surface area contributed by atoms with Crippen LogP contribution >= 0.6 is 0 Å². The van der Waals surface area contributed by atoms with Gasteiger partial charge in [0.1, 0.15) is 5.82 Å². The molecule has 1 aromatic carbocycles. The second kappa shape index (κ2) is 7.38. The molecule has 3 rings (SSSR count). The number of nitrogens with one attached hydrogen (secondary N) is 1. The first-order valence-corrected chi connectivity index (χ1v) is 8.70. The molecular weight excluding hydrogens is 309 g/mol. The van der Waals surface area contributed by atoms with Gasteiger partial charge < -0.3 is 19.9 Å². The zero-order valence-electron chi connectivity index (χ0n) is 14.4. The standard InChI is InChI=1S/C18H26FN3O2/c1-13-10-22(11-14(2)24-13)18(23)20-9-15-7-8-21(12-15)17-5-3-16(19)4-6-17/h3-6,13-15H,7-12H2,1-2H3,(H,20,23)/t13-,14+,15-/m1/s1. The summed E-state index contributed by atoms with van der Waals surface area (Å²) >= 11 is 0. The Hall–Kier alpha value is -1.82. The molecule has 24 heavy (non-hydrogen) atoms. The number of benzene rings is 1. The van der Waals surface area contributed by atoms with Crippen LogP contribution in [0.5, 0.6) is 0 Å². The SMILES string of the molecule is C[C@@H]1CN(C(=O)NC[C@H]2CCN(c3ccc(F)cc3)C2)C[C@H](C)O1. The van der Waals surface area contributed by atoms with E-state index in [2.05, 4.69) is 10.2 Å². The third-order valence-corrected chi connectivity index (χ3v) is 4.73. The number of rotatable bonds is 3. The third-order valence-electron chi connectivity index (χ3n) is 4.73. The molecule has 2 aliphatic rings. The average Bonchev–Trinajstić information content (AvgIpc) is 3.01. The van der Waals surface area contributed by atoms with Crippen molar-refractivity contribution >= 4 is 11.7 Å². The van der Waals surface area contributed by atoms with Gasteiger partial charge >= 0.3 is 6.03 Å². The Kier molecular flexibility index (Phi) is 5.23. The normalized spacial score (nSPS) is 27.4. The highest BCUT2D eigenvalue weighted by Gasteiger charge is 2.27. The van der Waals surface area contributed by atoms with Crippen LogP contribution in [-0.4, -0.2) is 55.9 Å². The highest BCUT2D eigenvalue weighted by molar-refractivity contribution is 5.74. The van der Waals surface area contributed by atoms with Crippen molar-refractivity contribution in [2.45, 2.75) is 32.5 Å². The lowest BCUT2D eigenvalue weighted by atomic mass is 10.1. The number of hydrogen-bond donors (Lipinski definition) is 1. The molecule has 1 N–H and O–H groups in total. The smallest absolute Gasteiger partial charge is 0.317 e. The highest BCUT2D eigenvalue weighted by atomic mass is 19.1. The van der Waals surface area contributed by atoms with E-state index in [0.29, 0.717) is 25.6 Å². The van der Waals surface area contributed by atoms with Crippen molar-refractivity contribution < 1.29 is 13.9 Å². The first-order valence-electron chi connectivity index (χ1n) is 8.70. The molecule has 6 heteroatoms. The van der Waals surface area contributed by atoms with Crippen molar-refractivity contribution in [2.75, 3.05) is 37.6 Å². The van der Waals surface area contributed by atoms with Crippen LogP contribution in [0.25, 0.3) is 0 Å². The molecular formula is C18H26FN3O2. The van der Waals surface area contributed by atoms with Gasteiger partial charge in [-0.05, 0) is 50.5 Å². The molecule has 1 aromatic rings. The van der Waals surface area contributed by atoms with E-state index < -0.39 is 0 Å². The van der Waals surface area contributed by atoms with Crippen molar-refractivity contribution in [2.24, 2.45) is 5.92 Å². The maximum atomic E-state index is 13.0. The average molecular weight is 335 g/mol. The van der Waals surface area contributed by atoms with E-state index in [1.165, 1.54) is 12.1 Å². The van der Waals surface area contributed by atoms with E-state index in [4.69, 9.17) is 4.74 Å². The molecule has 0 bridgehead atoms. The van der Waals surface area contributed by atoms with Gasteiger partial charge in [-0.2, -0.15) is 0 Å². The molecule has 2 amide bonds. The Bertz CT molecular complexity index is 556. The van der Waals surface area contributed by atoms with Gasteiger partial charge in [-0.3, -0.25) is 0 Å². The molecule has 2 fully saturated rings. The van der Waals surface area contributed by atoms with Crippen LogP contribution in [0.1, 0.15) is 20.3 Å². The number of carbonyl (C=O) groups is 1. The summed E-state index contributed by atoms with van der Waals surface area (Å²) in [6.07, 6.45) is 1.20. The fraction of sp³-hybridized carbons (Fsp3) is 0.611. The number of urea groups is 1. The van der Waals surface area contributed by atoms with Crippen LogP contribution in [0.3, 0.4) is 0 Å². The molecule has 2 saturated heterocycles. The minimum Gasteiger partial charge on any atom is -0.372 e. The van der Waals surface area contributed by atoms with Gasteiger partial charge in [-0.25, -0.2) is 9.18 Å². The van der Waals surface area contributed by atoms with Gasteiger partial charge in [0.05, 0.1) is 12.2 Å². The summed E-state index contributed by atoms with van der Waals surface area (Å²) in [6.45, 7) is 7.78. The first-order chi connectivity index (χ1) is 11.5. The third kappa shape index (κ3) is 4.17. The lowest BCUT2D eigenvalue weighted by Crippen LogP contribution is -2.52. The fourth-order valence-electron chi connectivity index (χ4n) is 3.57. The Balaban J connectivity index is 1.46. The van der Waals surface area contributed by atoms with Gasteiger partial charge in [0, 0.05) is 38.4 Å². The molecule has 2 aliphatic heterocycles. The lowest BCUT2D eigenvalue weighted by molar-refractivity contribution is -0.0545. The molecule has 3 atom stereocenters. The summed E-state index contributed by atoms with van der Waals surface area (Å²) in [6, 6.07) is 6.60. The lowest BCUT2D eigenvalue weighted by Gasteiger charge is -2.35. The van der Waals surface area contributed by atoms with Crippen LogP contribution in [0, 0.1) is 11.7 Å². The summed E-state index contributed by atoms with van der Waals surface area (Å²) in [5, 5.41) is 3.06. The Morgan fingerprint density at radius 1 is 1.21 bits per heavy atom. The highest BCUT2D eigenvalue weighted by Crippen LogP contribution is 2.23. The first kappa shape index (κ1) is 17.0. The fourth-order valence-corrected chi connectivity index (χ4v) is 3.57. The topological polar surface area (TPSA) is 44.8 Å². The van der Waals surface area contributed by atoms with E-state index in [1.807, 2.05) is 30.9 Å². The minimum atomic E-state index is -0.212. The maximum Gasteiger partial charge on any atom is 0.317 e. The van der Waals surface area contributed by atoms with Crippen molar-refractivity contribution in [1.29, 1.82) is 0 Å². The summed E-state index contributed by atoms with van der Waals surface area (Å²) in [5.74, 6) is 0.214. The molecule has 2 heterocycles. The van der Waals surface area contributed by atoms with Crippen molar-refractivity contribution in [1.82, 2.24) is 10.2 Å². The number of morpholine rings is 1. The molecule has 0 aliphatic carbocycles. The maximum absolute atomic E-state index is 13.0. The summed E-state index contributed by atoms with van der Waals surface area (Å²) < 4.78 is 18.7. The number of halogens is 1. The van der Waals surface area contributed by atoms with Crippen molar-refractivity contribution in [3.8, 4) is 0 Å². The molecule has 0 spiro atoms. The number of amides is 2. The summed E-state index contributed by atoms with van der Waals surface area (Å²) in [7, 11) is 0. The minimum absolute atomic E-state index is 0.00256. The number of hydrogen-bond acceptors (Lipinski definition) is 3. The Morgan fingerprint density at radius 2 is 1.88 bits per heavy atom. The predicted molar refractivity (Wildman–Crippen MR) is 91.7 cm³/mol. The van der Waals surface area contributed by atoms with Gasteiger partial charge in [-0.15, -0.1) is 0 Å². The van der Waals surface area contributed by atoms with Crippen LogP contribution in [-0.2, 0) is 4.74 Å². The van der Waals surface area contributed by atoms with Gasteiger partial charge in [0.2, 0.25) is 0 Å². The monoisotopic (exact) mass is 335 g/mol. The van der Waals surface area contributed by atoms with E-state index in [-0.39, 0.29) is 24.1 Å².